The number of aryl methyl sites for hydroxylation is 1. The third kappa shape index (κ3) is 2.86. The van der Waals surface area contributed by atoms with E-state index in [2.05, 4.69) is 37.9 Å². The van der Waals surface area contributed by atoms with Crippen LogP contribution in [0.5, 0.6) is 0 Å². The van der Waals surface area contributed by atoms with E-state index < -0.39 is 10.0 Å². The van der Waals surface area contributed by atoms with Gasteiger partial charge in [0, 0.05) is 13.6 Å². The van der Waals surface area contributed by atoms with Crippen LogP contribution in [0.3, 0.4) is 0 Å². The van der Waals surface area contributed by atoms with Crippen LogP contribution >= 0.6 is 15.9 Å². The largest absolute Gasteiger partial charge is 0.260 e. The third-order valence-corrected chi connectivity index (χ3v) is 5.32. The normalized spacial score (nSPS) is 18.3. The molecule has 1 N–H and O–H groups in total. The monoisotopic (exact) mass is 322 g/mol. The Morgan fingerprint density at radius 2 is 2.24 bits per heavy atom. The average Bonchev–Trinajstić information content (AvgIpc) is 3.02. The molecule has 1 aromatic heterocycles. The first-order chi connectivity index (χ1) is 7.92. The van der Waals surface area contributed by atoms with Gasteiger partial charge in [0.1, 0.15) is 0 Å². The number of nitrogens with one attached hydrogen (secondary N) is 1. The number of nitrogens with zero attached hydrogens (tertiary/aromatic N) is 3. The van der Waals surface area contributed by atoms with Crippen molar-refractivity contribution in [2.24, 2.45) is 18.9 Å². The number of halogens is 1. The molecule has 1 atom stereocenters. The molecule has 8 heteroatoms. The second-order valence-electron chi connectivity index (χ2n) is 4.48. The van der Waals surface area contributed by atoms with Crippen LogP contribution in [0, 0.1) is 11.8 Å². The van der Waals surface area contributed by atoms with Crippen molar-refractivity contribution in [2.45, 2.75) is 24.8 Å². The van der Waals surface area contributed by atoms with Gasteiger partial charge in [-0.2, -0.15) is 0 Å². The van der Waals surface area contributed by atoms with E-state index in [1.165, 1.54) is 17.5 Å². The van der Waals surface area contributed by atoms with E-state index in [1.807, 2.05) is 0 Å². The van der Waals surface area contributed by atoms with Gasteiger partial charge in [0.05, 0.1) is 0 Å². The molecular formula is C9H15BrN4O2S. The van der Waals surface area contributed by atoms with E-state index in [0.717, 1.165) is 0 Å². The maximum Gasteiger partial charge on any atom is 0.260 e. The SMILES string of the molecule is CC(CNS(=O)(=O)c1c(Br)nnn1C)C1CC1. The highest BCUT2D eigenvalue weighted by atomic mass is 79.9. The molecule has 0 aliphatic heterocycles. The molecule has 1 fully saturated rings. The van der Waals surface area contributed by atoms with E-state index >= 15 is 0 Å². The molecule has 0 amide bonds. The number of sulfonamides is 1. The van der Waals surface area contributed by atoms with Crippen LogP contribution in [0.15, 0.2) is 9.63 Å². The van der Waals surface area contributed by atoms with Crippen LogP contribution in [0.1, 0.15) is 19.8 Å². The standard InChI is InChI=1S/C9H15BrN4O2S/c1-6(7-3-4-7)5-11-17(15,16)9-8(10)12-13-14(9)2/h6-7,11H,3-5H2,1-2H3. The molecule has 0 bridgehead atoms. The molecule has 1 unspecified atom stereocenters. The molecule has 1 aromatic rings. The summed E-state index contributed by atoms with van der Waals surface area (Å²) in [5.41, 5.74) is 0. The van der Waals surface area contributed by atoms with Crippen molar-refractivity contribution >= 4 is 26.0 Å². The fraction of sp³-hybridized carbons (Fsp3) is 0.778. The zero-order chi connectivity index (χ0) is 12.6. The number of aromatic nitrogens is 3. The molecule has 0 radical (unpaired) electrons. The van der Waals surface area contributed by atoms with Gasteiger partial charge in [0.15, 0.2) is 4.60 Å². The number of hydrogen-bond acceptors (Lipinski definition) is 4. The van der Waals surface area contributed by atoms with Gasteiger partial charge in [-0.25, -0.2) is 17.8 Å². The molecule has 96 valence electrons. The van der Waals surface area contributed by atoms with Gasteiger partial charge in [-0.3, -0.25) is 0 Å². The lowest BCUT2D eigenvalue weighted by atomic mass is 10.1. The van der Waals surface area contributed by atoms with Crippen LogP contribution in [0.4, 0.5) is 0 Å². The lowest BCUT2D eigenvalue weighted by Gasteiger charge is -2.11. The Morgan fingerprint density at radius 3 is 2.71 bits per heavy atom. The van der Waals surface area contributed by atoms with Gasteiger partial charge < -0.3 is 0 Å². The third-order valence-electron chi connectivity index (χ3n) is 3.01. The smallest absolute Gasteiger partial charge is 0.235 e. The molecule has 0 spiro atoms. The van der Waals surface area contributed by atoms with Gasteiger partial charge in [0.2, 0.25) is 5.03 Å². The zero-order valence-electron chi connectivity index (χ0n) is 9.72. The Labute approximate surface area is 109 Å². The fourth-order valence-electron chi connectivity index (χ4n) is 1.75. The minimum atomic E-state index is -3.54. The molecule has 0 aromatic carbocycles. The Hall–Kier alpha value is -0.470. The predicted octanol–water partition coefficient (Wildman–Crippen LogP) is 0.902. The maximum absolute atomic E-state index is 12.0. The van der Waals surface area contributed by atoms with Gasteiger partial charge >= 0.3 is 0 Å². The average molecular weight is 323 g/mol. The molecule has 0 saturated heterocycles. The van der Waals surface area contributed by atoms with E-state index in [1.54, 1.807) is 7.05 Å². The van der Waals surface area contributed by atoms with Crippen molar-refractivity contribution < 1.29 is 8.42 Å². The van der Waals surface area contributed by atoms with Gasteiger partial charge in [-0.1, -0.05) is 12.1 Å². The first kappa shape index (κ1) is 13.0. The highest BCUT2D eigenvalue weighted by Gasteiger charge is 2.30. The molecule has 1 heterocycles. The van der Waals surface area contributed by atoms with Crippen LogP contribution in [0.2, 0.25) is 0 Å². The molecule has 6 nitrogen and oxygen atoms in total. The second-order valence-corrected chi connectivity index (χ2v) is 6.91. The van der Waals surface area contributed by atoms with Gasteiger partial charge in [-0.15, -0.1) is 5.10 Å². The Balaban J connectivity index is 2.08. The lowest BCUT2D eigenvalue weighted by Crippen LogP contribution is -2.30. The summed E-state index contributed by atoms with van der Waals surface area (Å²) >= 11 is 3.09. The molecule has 1 aliphatic carbocycles. The summed E-state index contributed by atoms with van der Waals surface area (Å²) in [5.74, 6) is 1.05. The van der Waals surface area contributed by atoms with Crippen molar-refractivity contribution in [1.29, 1.82) is 0 Å². The topological polar surface area (TPSA) is 76.9 Å². The summed E-state index contributed by atoms with van der Waals surface area (Å²) in [7, 11) is -1.99. The van der Waals surface area contributed by atoms with Crippen LogP contribution < -0.4 is 4.72 Å². The molecule has 2 rings (SSSR count). The summed E-state index contributed by atoms with van der Waals surface area (Å²) < 4.78 is 28.2. The highest BCUT2D eigenvalue weighted by Crippen LogP contribution is 2.36. The first-order valence-electron chi connectivity index (χ1n) is 5.46. The van der Waals surface area contributed by atoms with Crippen molar-refractivity contribution in [2.75, 3.05) is 6.54 Å². The van der Waals surface area contributed by atoms with Crippen LogP contribution in [0.25, 0.3) is 0 Å². The fourth-order valence-corrected chi connectivity index (χ4v) is 3.98. The quantitative estimate of drug-likeness (QED) is 0.873. The van der Waals surface area contributed by atoms with Gasteiger partial charge in [0.25, 0.3) is 10.0 Å². The van der Waals surface area contributed by atoms with E-state index in [0.29, 0.717) is 18.4 Å². The van der Waals surface area contributed by atoms with Crippen molar-refractivity contribution in [3.8, 4) is 0 Å². The van der Waals surface area contributed by atoms with Crippen molar-refractivity contribution in [3.63, 3.8) is 0 Å². The summed E-state index contributed by atoms with van der Waals surface area (Å²) in [6.45, 7) is 2.53. The minimum Gasteiger partial charge on any atom is -0.235 e. The van der Waals surface area contributed by atoms with E-state index in [9.17, 15) is 8.42 Å². The van der Waals surface area contributed by atoms with Crippen LogP contribution in [-0.4, -0.2) is 30.0 Å². The molecule has 17 heavy (non-hydrogen) atoms. The Kier molecular flexibility index (Phi) is 3.55. The van der Waals surface area contributed by atoms with E-state index in [-0.39, 0.29) is 9.63 Å². The summed E-state index contributed by atoms with van der Waals surface area (Å²) in [6.07, 6.45) is 2.42. The van der Waals surface area contributed by atoms with E-state index in [4.69, 9.17) is 0 Å². The predicted molar refractivity (Wildman–Crippen MR) is 65.8 cm³/mol. The Bertz CT molecular complexity index is 490. The summed E-state index contributed by atoms with van der Waals surface area (Å²) in [5, 5.41) is 7.39. The summed E-state index contributed by atoms with van der Waals surface area (Å²) in [4.78, 5) is 0. The summed E-state index contributed by atoms with van der Waals surface area (Å²) in [6, 6.07) is 0. The zero-order valence-corrected chi connectivity index (χ0v) is 12.1. The maximum atomic E-state index is 12.0. The van der Waals surface area contributed by atoms with Gasteiger partial charge in [-0.05, 0) is 40.6 Å². The Morgan fingerprint density at radius 1 is 1.59 bits per heavy atom. The minimum absolute atomic E-state index is 0.0699. The second kappa shape index (κ2) is 4.66. The molecule has 1 saturated carbocycles. The number of hydrogen-bond donors (Lipinski definition) is 1. The molecule has 1 aliphatic rings. The number of rotatable bonds is 5. The van der Waals surface area contributed by atoms with Crippen LogP contribution in [-0.2, 0) is 17.1 Å². The van der Waals surface area contributed by atoms with Crippen molar-refractivity contribution in [3.05, 3.63) is 4.60 Å². The van der Waals surface area contributed by atoms with Crippen molar-refractivity contribution in [1.82, 2.24) is 19.7 Å². The molecular weight excluding hydrogens is 308 g/mol. The lowest BCUT2D eigenvalue weighted by molar-refractivity contribution is 0.488. The highest BCUT2D eigenvalue weighted by molar-refractivity contribution is 9.10. The first-order valence-corrected chi connectivity index (χ1v) is 7.74.